The third-order valence-corrected chi connectivity index (χ3v) is 3.59. The molecule has 126 valence electrons. The Bertz CT molecular complexity index is 762. The molecular formula is C18H18F2N2O2. The Hall–Kier alpha value is -2.76. The van der Waals surface area contributed by atoms with Crippen molar-refractivity contribution in [1.82, 2.24) is 5.32 Å². The molecule has 6 heteroatoms. The normalized spacial score (nSPS) is 10.3. The first kappa shape index (κ1) is 17.6. The lowest BCUT2D eigenvalue weighted by atomic mass is 10.1. The van der Waals surface area contributed by atoms with Crippen LogP contribution in [0.15, 0.2) is 42.5 Å². The zero-order chi connectivity index (χ0) is 17.7. The molecule has 0 aliphatic heterocycles. The van der Waals surface area contributed by atoms with Gasteiger partial charge in [-0.15, -0.1) is 0 Å². The first-order chi connectivity index (χ1) is 11.4. The van der Waals surface area contributed by atoms with Crippen molar-refractivity contribution in [2.24, 2.45) is 0 Å². The highest BCUT2D eigenvalue weighted by atomic mass is 19.1. The van der Waals surface area contributed by atoms with Crippen molar-refractivity contribution in [3.05, 3.63) is 65.2 Å². The number of amides is 2. The van der Waals surface area contributed by atoms with Gasteiger partial charge in [-0.3, -0.25) is 9.59 Å². The van der Waals surface area contributed by atoms with E-state index in [1.807, 2.05) is 19.1 Å². The minimum atomic E-state index is -0.824. The van der Waals surface area contributed by atoms with Gasteiger partial charge in [-0.25, -0.2) is 8.78 Å². The van der Waals surface area contributed by atoms with Crippen molar-refractivity contribution in [2.75, 3.05) is 18.0 Å². The molecule has 2 rings (SSSR count). The van der Waals surface area contributed by atoms with Gasteiger partial charge in [-0.1, -0.05) is 18.2 Å². The van der Waals surface area contributed by atoms with E-state index in [0.717, 1.165) is 22.6 Å². The molecule has 24 heavy (non-hydrogen) atoms. The largest absolute Gasteiger partial charge is 0.350 e. The Balaban J connectivity index is 2.04. The standard InChI is InChI=1S/C18H18F2N2O2/c1-12-5-3-4-6-15(12)18(24)21-9-10-22(13(2)23)17-8-7-14(19)11-16(17)20/h3-8,11H,9-10H2,1-2H3,(H,21,24). The minimum absolute atomic E-state index is 0.0194. The van der Waals surface area contributed by atoms with Gasteiger partial charge in [-0.2, -0.15) is 0 Å². The maximum Gasteiger partial charge on any atom is 0.251 e. The third-order valence-electron chi connectivity index (χ3n) is 3.59. The van der Waals surface area contributed by atoms with Crippen molar-refractivity contribution >= 4 is 17.5 Å². The molecule has 0 atom stereocenters. The van der Waals surface area contributed by atoms with Crippen LogP contribution in [0.1, 0.15) is 22.8 Å². The maximum absolute atomic E-state index is 13.8. The van der Waals surface area contributed by atoms with E-state index in [2.05, 4.69) is 5.32 Å². The van der Waals surface area contributed by atoms with Gasteiger partial charge in [0.15, 0.2) is 0 Å². The molecule has 0 fully saturated rings. The van der Waals surface area contributed by atoms with Crippen LogP contribution in [0.4, 0.5) is 14.5 Å². The molecule has 0 bridgehead atoms. The smallest absolute Gasteiger partial charge is 0.251 e. The average molecular weight is 332 g/mol. The van der Waals surface area contributed by atoms with Crippen molar-refractivity contribution in [3.8, 4) is 0 Å². The van der Waals surface area contributed by atoms with Crippen LogP contribution in [0.5, 0.6) is 0 Å². The summed E-state index contributed by atoms with van der Waals surface area (Å²) in [5.74, 6) is -2.20. The quantitative estimate of drug-likeness (QED) is 0.915. The van der Waals surface area contributed by atoms with Crippen LogP contribution in [0.3, 0.4) is 0 Å². The SMILES string of the molecule is CC(=O)N(CCNC(=O)c1ccccc1C)c1ccc(F)cc1F. The molecule has 2 amide bonds. The Kier molecular flexibility index (Phi) is 5.63. The number of anilines is 1. The monoisotopic (exact) mass is 332 g/mol. The summed E-state index contributed by atoms with van der Waals surface area (Å²) in [6.07, 6.45) is 0. The molecule has 2 aromatic rings. The summed E-state index contributed by atoms with van der Waals surface area (Å²) in [5.41, 5.74) is 1.36. The Morgan fingerprint density at radius 1 is 1.12 bits per heavy atom. The lowest BCUT2D eigenvalue weighted by Gasteiger charge is -2.22. The summed E-state index contributed by atoms with van der Waals surface area (Å²) < 4.78 is 26.8. The maximum atomic E-state index is 13.8. The zero-order valence-corrected chi connectivity index (χ0v) is 13.5. The molecule has 0 aromatic heterocycles. The summed E-state index contributed by atoms with van der Waals surface area (Å²) in [4.78, 5) is 25.0. The van der Waals surface area contributed by atoms with E-state index < -0.39 is 17.5 Å². The number of halogens is 2. The summed E-state index contributed by atoms with van der Waals surface area (Å²) in [7, 11) is 0. The van der Waals surface area contributed by atoms with Gasteiger partial charge in [-0.05, 0) is 30.7 Å². The van der Waals surface area contributed by atoms with E-state index in [0.29, 0.717) is 5.56 Å². The molecule has 4 nitrogen and oxygen atoms in total. The van der Waals surface area contributed by atoms with Crippen LogP contribution in [-0.4, -0.2) is 24.9 Å². The second-order valence-electron chi connectivity index (χ2n) is 5.34. The number of rotatable bonds is 5. The molecule has 1 N–H and O–H groups in total. The van der Waals surface area contributed by atoms with E-state index in [1.54, 1.807) is 12.1 Å². The second-order valence-corrected chi connectivity index (χ2v) is 5.34. The number of carbonyl (C=O) groups is 2. The fraction of sp³-hybridized carbons (Fsp3) is 0.222. The number of nitrogens with one attached hydrogen (secondary N) is 1. The van der Waals surface area contributed by atoms with Crippen LogP contribution < -0.4 is 10.2 Å². The summed E-state index contributed by atoms with van der Waals surface area (Å²) in [6, 6.07) is 10.1. The number of hydrogen-bond acceptors (Lipinski definition) is 2. The van der Waals surface area contributed by atoms with Crippen LogP contribution >= 0.6 is 0 Å². The fourth-order valence-corrected chi connectivity index (χ4v) is 2.35. The van der Waals surface area contributed by atoms with Crippen molar-refractivity contribution < 1.29 is 18.4 Å². The number of hydrogen-bond donors (Lipinski definition) is 1. The summed E-state index contributed by atoms with van der Waals surface area (Å²) in [6.45, 7) is 3.33. The first-order valence-electron chi connectivity index (χ1n) is 7.47. The molecule has 0 heterocycles. The van der Waals surface area contributed by atoms with E-state index in [1.165, 1.54) is 13.0 Å². The van der Waals surface area contributed by atoms with Gasteiger partial charge < -0.3 is 10.2 Å². The molecule has 0 spiro atoms. The van der Waals surface area contributed by atoms with Crippen LogP contribution in [0.25, 0.3) is 0 Å². The lowest BCUT2D eigenvalue weighted by molar-refractivity contribution is -0.116. The zero-order valence-electron chi connectivity index (χ0n) is 13.5. The Labute approximate surface area is 139 Å². The number of nitrogens with zero attached hydrogens (tertiary/aromatic N) is 1. The average Bonchev–Trinajstić information content (AvgIpc) is 2.52. The van der Waals surface area contributed by atoms with Crippen LogP contribution in [0.2, 0.25) is 0 Å². The predicted molar refractivity (Wildman–Crippen MR) is 87.9 cm³/mol. The van der Waals surface area contributed by atoms with Crippen LogP contribution in [-0.2, 0) is 4.79 Å². The number of aryl methyl sites for hydroxylation is 1. The predicted octanol–water partition coefficient (Wildman–Crippen LogP) is 3.06. The van der Waals surface area contributed by atoms with Gasteiger partial charge in [0.25, 0.3) is 5.91 Å². The molecule has 0 aliphatic rings. The van der Waals surface area contributed by atoms with Gasteiger partial charge in [0, 0.05) is 31.6 Å². The second kappa shape index (κ2) is 7.68. The van der Waals surface area contributed by atoms with Crippen molar-refractivity contribution in [3.63, 3.8) is 0 Å². The number of carbonyl (C=O) groups excluding carboxylic acids is 2. The fourth-order valence-electron chi connectivity index (χ4n) is 2.35. The Morgan fingerprint density at radius 2 is 1.83 bits per heavy atom. The van der Waals surface area contributed by atoms with Crippen LogP contribution in [0, 0.1) is 18.6 Å². The minimum Gasteiger partial charge on any atom is -0.350 e. The molecule has 0 saturated heterocycles. The lowest BCUT2D eigenvalue weighted by Crippen LogP contribution is -2.38. The van der Waals surface area contributed by atoms with Gasteiger partial charge in [0.05, 0.1) is 5.69 Å². The molecule has 0 aliphatic carbocycles. The van der Waals surface area contributed by atoms with Crippen molar-refractivity contribution in [1.29, 1.82) is 0 Å². The van der Waals surface area contributed by atoms with Gasteiger partial charge in [0.2, 0.25) is 5.91 Å². The van der Waals surface area contributed by atoms with E-state index in [9.17, 15) is 18.4 Å². The molecular weight excluding hydrogens is 314 g/mol. The highest BCUT2D eigenvalue weighted by Gasteiger charge is 2.17. The third kappa shape index (κ3) is 4.16. The molecule has 0 saturated carbocycles. The first-order valence-corrected chi connectivity index (χ1v) is 7.47. The van der Waals surface area contributed by atoms with Crippen molar-refractivity contribution in [2.45, 2.75) is 13.8 Å². The topological polar surface area (TPSA) is 49.4 Å². The molecule has 0 radical (unpaired) electrons. The highest BCUT2D eigenvalue weighted by Crippen LogP contribution is 2.20. The van der Waals surface area contributed by atoms with E-state index in [-0.39, 0.29) is 24.7 Å². The van der Waals surface area contributed by atoms with E-state index >= 15 is 0 Å². The summed E-state index contributed by atoms with van der Waals surface area (Å²) in [5, 5.41) is 2.70. The Morgan fingerprint density at radius 3 is 2.46 bits per heavy atom. The van der Waals surface area contributed by atoms with E-state index in [4.69, 9.17) is 0 Å². The molecule has 0 unspecified atom stereocenters. The van der Waals surface area contributed by atoms with Gasteiger partial charge >= 0.3 is 0 Å². The summed E-state index contributed by atoms with van der Waals surface area (Å²) >= 11 is 0. The number of benzene rings is 2. The highest BCUT2D eigenvalue weighted by molar-refractivity contribution is 5.96. The molecule has 2 aromatic carbocycles. The van der Waals surface area contributed by atoms with Gasteiger partial charge in [0.1, 0.15) is 11.6 Å².